The average Bonchev–Trinajstić information content (AvgIpc) is 2.49. The van der Waals surface area contributed by atoms with Gasteiger partial charge >= 0.3 is 0 Å². The van der Waals surface area contributed by atoms with Crippen molar-refractivity contribution in [1.82, 2.24) is 0 Å². The summed E-state index contributed by atoms with van der Waals surface area (Å²) in [5.74, 6) is 2.27. The van der Waals surface area contributed by atoms with Gasteiger partial charge in [0.2, 0.25) is 0 Å². The molecular formula is C12H18O. The Kier molecular flexibility index (Phi) is 2.29. The molecule has 1 N–H and O–H groups in total. The molecule has 0 heterocycles. The Labute approximate surface area is 80.2 Å². The zero-order valence-electron chi connectivity index (χ0n) is 8.19. The molecular weight excluding hydrogens is 160 g/mol. The number of hydrogen-bond acceptors (Lipinski definition) is 1. The fourth-order valence-electron chi connectivity index (χ4n) is 3.02. The van der Waals surface area contributed by atoms with Gasteiger partial charge in [-0.2, -0.15) is 0 Å². The van der Waals surface area contributed by atoms with Crippen LogP contribution in [0.4, 0.5) is 0 Å². The number of hydrogen-bond donors (Lipinski definition) is 1. The quantitative estimate of drug-likeness (QED) is 0.611. The van der Waals surface area contributed by atoms with Crippen molar-refractivity contribution in [3.05, 3.63) is 24.8 Å². The van der Waals surface area contributed by atoms with Crippen LogP contribution >= 0.6 is 0 Å². The maximum atomic E-state index is 9.79. The average molecular weight is 178 g/mol. The van der Waals surface area contributed by atoms with Crippen LogP contribution in [0, 0.1) is 23.7 Å². The normalized spacial score (nSPS) is 48.9. The van der Waals surface area contributed by atoms with E-state index in [-0.39, 0.29) is 6.10 Å². The minimum Gasteiger partial charge on any atom is -0.389 e. The summed E-state index contributed by atoms with van der Waals surface area (Å²) < 4.78 is 0. The predicted octanol–water partition coefficient (Wildman–Crippen LogP) is 2.38. The highest BCUT2D eigenvalue weighted by molar-refractivity contribution is 5.12. The molecule has 1 unspecified atom stereocenters. The second-order valence-corrected chi connectivity index (χ2v) is 4.45. The molecule has 0 saturated heterocycles. The highest BCUT2D eigenvalue weighted by atomic mass is 16.3. The molecule has 0 aromatic rings. The molecule has 1 fully saturated rings. The molecule has 5 atom stereocenters. The molecule has 0 aliphatic heterocycles. The van der Waals surface area contributed by atoms with Crippen LogP contribution in [0.3, 0.4) is 0 Å². The van der Waals surface area contributed by atoms with Crippen LogP contribution in [0.15, 0.2) is 24.8 Å². The first-order chi connectivity index (χ1) is 6.24. The summed E-state index contributed by atoms with van der Waals surface area (Å²) in [6.07, 6.45) is 8.49. The van der Waals surface area contributed by atoms with Gasteiger partial charge in [-0.3, -0.25) is 0 Å². The summed E-state index contributed by atoms with van der Waals surface area (Å²) in [4.78, 5) is 0. The standard InChI is InChI=1S/C12H18O/c1-3-9-4-5-10-6-7-11(13)12(10)8(9)2/h3,6-13H,1,4-5H2,2H3/t8-,9+,10+,11?,12+/m0/s1. The third-order valence-electron chi connectivity index (χ3n) is 3.86. The summed E-state index contributed by atoms with van der Waals surface area (Å²) in [7, 11) is 0. The molecule has 1 saturated carbocycles. The van der Waals surface area contributed by atoms with E-state index in [1.165, 1.54) is 12.8 Å². The zero-order chi connectivity index (χ0) is 9.42. The lowest BCUT2D eigenvalue weighted by Crippen LogP contribution is -2.35. The van der Waals surface area contributed by atoms with Gasteiger partial charge in [0.05, 0.1) is 6.10 Å². The van der Waals surface area contributed by atoms with E-state index in [1.807, 2.05) is 6.08 Å². The van der Waals surface area contributed by atoms with Gasteiger partial charge in [-0.15, -0.1) is 6.58 Å². The van der Waals surface area contributed by atoms with Crippen molar-refractivity contribution in [2.24, 2.45) is 23.7 Å². The second kappa shape index (κ2) is 3.30. The lowest BCUT2D eigenvalue weighted by Gasteiger charge is -2.38. The molecule has 1 heteroatoms. The minimum absolute atomic E-state index is 0.206. The van der Waals surface area contributed by atoms with Crippen molar-refractivity contribution in [2.75, 3.05) is 0 Å². The van der Waals surface area contributed by atoms with Crippen LogP contribution < -0.4 is 0 Å². The zero-order valence-corrected chi connectivity index (χ0v) is 8.19. The predicted molar refractivity (Wildman–Crippen MR) is 54.2 cm³/mol. The van der Waals surface area contributed by atoms with Crippen LogP contribution in [0.5, 0.6) is 0 Å². The van der Waals surface area contributed by atoms with Gasteiger partial charge in [-0.25, -0.2) is 0 Å². The minimum atomic E-state index is -0.206. The maximum Gasteiger partial charge on any atom is 0.0757 e. The van der Waals surface area contributed by atoms with Gasteiger partial charge in [-0.05, 0) is 36.5 Å². The summed E-state index contributed by atoms with van der Waals surface area (Å²) >= 11 is 0. The molecule has 1 nitrogen and oxygen atoms in total. The first kappa shape index (κ1) is 9.01. The van der Waals surface area contributed by atoms with Crippen LogP contribution in [0.25, 0.3) is 0 Å². The number of allylic oxidation sites excluding steroid dienone is 2. The Morgan fingerprint density at radius 1 is 1.38 bits per heavy atom. The van der Waals surface area contributed by atoms with Crippen LogP contribution in [-0.2, 0) is 0 Å². The largest absolute Gasteiger partial charge is 0.389 e. The fraction of sp³-hybridized carbons (Fsp3) is 0.667. The highest BCUT2D eigenvalue weighted by Crippen LogP contribution is 2.44. The molecule has 0 aromatic heterocycles. The van der Waals surface area contributed by atoms with Gasteiger partial charge in [0, 0.05) is 0 Å². The molecule has 0 aromatic carbocycles. The van der Waals surface area contributed by atoms with E-state index in [1.54, 1.807) is 0 Å². The number of aliphatic hydroxyl groups is 1. The summed E-state index contributed by atoms with van der Waals surface area (Å²) in [5.41, 5.74) is 0. The summed E-state index contributed by atoms with van der Waals surface area (Å²) in [6.45, 7) is 6.12. The van der Waals surface area contributed by atoms with E-state index in [0.29, 0.717) is 23.7 Å². The Hall–Kier alpha value is -0.560. The van der Waals surface area contributed by atoms with Gasteiger partial charge in [-0.1, -0.05) is 25.2 Å². The second-order valence-electron chi connectivity index (χ2n) is 4.45. The van der Waals surface area contributed by atoms with Crippen molar-refractivity contribution in [2.45, 2.75) is 25.9 Å². The number of aliphatic hydroxyl groups excluding tert-OH is 1. The third kappa shape index (κ3) is 1.35. The molecule has 0 amide bonds. The van der Waals surface area contributed by atoms with Gasteiger partial charge in [0.25, 0.3) is 0 Å². The van der Waals surface area contributed by atoms with Crippen LogP contribution in [-0.4, -0.2) is 11.2 Å². The summed E-state index contributed by atoms with van der Waals surface area (Å²) in [6, 6.07) is 0. The third-order valence-corrected chi connectivity index (χ3v) is 3.86. The molecule has 0 radical (unpaired) electrons. The molecule has 2 aliphatic rings. The molecule has 0 spiro atoms. The topological polar surface area (TPSA) is 20.2 Å². The molecule has 2 aliphatic carbocycles. The first-order valence-corrected chi connectivity index (χ1v) is 5.23. The maximum absolute atomic E-state index is 9.79. The lowest BCUT2D eigenvalue weighted by atomic mass is 9.68. The lowest BCUT2D eigenvalue weighted by molar-refractivity contribution is 0.0569. The van der Waals surface area contributed by atoms with Crippen molar-refractivity contribution in [3.63, 3.8) is 0 Å². The SMILES string of the molecule is C=C[C@@H]1CC[C@@H]2C=CC(O)[C@@H]2[C@H]1C. The number of fused-ring (bicyclic) bond motifs is 1. The van der Waals surface area contributed by atoms with E-state index < -0.39 is 0 Å². The van der Waals surface area contributed by atoms with E-state index >= 15 is 0 Å². The van der Waals surface area contributed by atoms with E-state index in [9.17, 15) is 5.11 Å². The van der Waals surface area contributed by atoms with Crippen molar-refractivity contribution in [1.29, 1.82) is 0 Å². The van der Waals surface area contributed by atoms with Gasteiger partial charge in [0.1, 0.15) is 0 Å². The van der Waals surface area contributed by atoms with Gasteiger partial charge in [0.15, 0.2) is 0 Å². The Morgan fingerprint density at radius 3 is 2.85 bits per heavy atom. The molecule has 2 rings (SSSR count). The van der Waals surface area contributed by atoms with Gasteiger partial charge < -0.3 is 5.11 Å². The molecule has 13 heavy (non-hydrogen) atoms. The van der Waals surface area contributed by atoms with E-state index in [4.69, 9.17) is 0 Å². The summed E-state index contributed by atoms with van der Waals surface area (Å²) in [5, 5.41) is 9.79. The monoisotopic (exact) mass is 178 g/mol. The molecule has 0 bridgehead atoms. The highest BCUT2D eigenvalue weighted by Gasteiger charge is 2.40. The molecule has 72 valence electrons. The Balaban J connectivity index is 2.15. The smallest absolute Gasteiger partial charge is 0.0757 e. The first-order valence-electron chi connectivity index (χ1n) is 5.23. The Morgan fingerprint density at radius 2 is 2.15 bits per heavy atom. The van der Waals surface area contributed by atoms with E-state index in [0.717, 1.165) is 0 Å². The van der Waals surface area contributed by atoms with E-state index in [2.05, 4.69) is 25.7 Å². The fourth-order valence-corrected chi connectivity index (χ4v) is 3.02. The van der Waals surface area contributed by atoms with Crippen molar-refractivity contribution < 1.29 is 5.11 Å². The van der Waals surface area contributed by atoms with Crippen molar-refractivity contribution in [3.8, 4) is 0 Å². The van der Waals surface area contributed by atoms with Crippen LogP contribution in [0.2, 0.25) is 0 Å². The Bertz CT molecular complexity index is 231. The van der Waals surface area contributed by atoms with Crippen LogP contribution in [0.1, 0.15) is 19.8 Å². The number of rotatable bonds is 1. The van der Waals surface area contributed by atoms with Crippen molar-refractivity contribution >= 4 is 0 Å².